The number of aryl methyl sites for hydroxylation is 2. The molecule has 0 aliphatic heterocycles. The Balaban J connectivity index is 1.50. The summed E-state index contributed by atoms with van der Waals surface area (Å²) in [6.45, 7) is 6.47. The van der Waals surface area contributed by atoms with E-state index in [1.165, 1.54) is 41.3 Å². The Hall–Kier alpha value is -2.22. The molecule has 1 aliphatic carbocycles. The lowest BCUT2D eigenvalue weighted by Crippen LogP contribution is -2.41. The van der Waals surface area contributed by atoms with Gasteiger partial charge in [0.1, 0.15) is 12.4 Å². The zero-order valence-corrected chi connectivity index (χ0v) is 17.6. The maximum atomic E-state index is 12.3. The highest BCUT2D eigenvalue weighted by Gasteiger charge is 2.23. The van der Waals surface area contributed by atoms with Gasteiger partial charge in [-0.15, -0.1) is 10.2 Å². The predicted octanol–water partition coefficient (Wildman–Crippen LogP) is 2.97. The minimum atomic E-state index is 0.0137. The molecule has 0 bridgehead atoms. The van der Waals surface area contributed by atoms with Gasteiger partial charge in [0.05, 0.1) is 5.75 Å². The van der Waals surface area contributed by atoms with E-state index in [4.69, 9.17) is 10.6 Å². The summed E-state index contributed by atoms with van der Waals surface area (Å²) in [7, 11) is 0. The Bertz CT molecular complexity index is 823. The first kappa shape index (κ1) is 20.5. The molecule has 1 aromatic heterocycles. The number of nitrogens with one attached hydrogen (secondary N) is 1. The molecular formula is C20H29N5O2S. The number of rotatable bonds is 7. The zero-order chi connectivity index (χ0) is 20.1. The zero-order valence-electron chi connectivity index (χ0n) is 16.8. The van der Waals surface area contributed by atoms with Gasteiger partial charge in [0.2, 0.25) is 11.1 Å². The Morgan fingerprint density at radius 1 is 1.32 bits per heavy atom. The highest BCUT2D eigenvalue weighted by atomic mass is 32.2. The van der Waals surface area contributed by atoms with E-state index in [1.54, 1.807) is 0 Å². The number of nitrogens with zero attached hydrogens (tertiary/aromatic N) is 3. The van der Waals surface area contributed by atoms with E-state index in [0.717, 1.165) is 17.7 Å². The smallest absolute Gasteiger partial charge is 0.230 e. The average molecular weight is 404 g/mol. The Kier molecular flexibility index (Phi) is 6.83. The van der Waals surface area contributed by atoms with E-state index < -0.39 is 0 Å². The second kappa shape index (κ2) is 9.32. The van der Waals surface area contributed by atoms with E-state index in [1.807, 2.05) is 26.0 Å². The van der Waals surface area contributed by atoms with Crippen LogP contribution in [0.2, 0.25) is 0 Å². The van der Waals surface area contributed by atoms with Gasteiger partial charge in [0.15, 0.2) is 5.82 Å². The number of hydrogen-bond acceptors (Lipinski definition) is 6. The van der Waals surface area contributed by atoms with E-state index in [9.17, 15) is 4.79 Å². The Morgan fingerprint density at radius 3 is 2.86 bits per heavy atom. The first-order chi connectivity index (χ1) is 13.4. The maximum absolute atomic E-state index is 12.3. The fraction of sp³-hybridized carbons (Fsp3) is 0.550. The van der Waals surface area contributed by atoms with Crippen molar-refractivity contribution in [3.05, 3.63) is 35.2 Å². The van der Waals surface area contributed by atoms with Crippen molar-refractivity contribution < 1.29 is 9.53 Å². The topological polar surface area (TPSA) is 95.1 Å². The van der Waals surface area contributed by atoms with Gasteiger partial charge >= 0.3 is 0 Å². The van der Waals surface area contributed by atoms with Crippen molar-refractivity contribution in [1.29, 1.82) is 0 Å². The van der Waals surface area contributed by atoms with Crippen LogP contribution in [0.3, 0.4) is 0 Å². The number of hydrogen-bond donors (Lipinski definition) is 2. The van der Waals surface area contributed by atoms with Crippen molar-refractivity contribution in [2.24, 2.45) is 5.92 Å². The largest absolute Gasteiger partial charge is 0.485 e. The number of aromatic nitrogens is 3. The second-order valence-electron chi connectivity index (χ2n) is 7.55. The van der Waals surface area contributed by atoms with Crippen LogP contribution in [0.5, 0.6) is 5.75 Å². The van der Waals surface area contributed by atoms with E-state index in [-0.39, 0.29) is 24.3 Å². The molecule has 28 heavy (non-hydrogen) atoms. The standard InChI is InChI=1S/C20H29N5O2S/c1-13-8-9-17(15(3)10-13)27-11-18-23-24-20(25(18)21)28-12-19(26)22-16-7-5-4-6-14(16)2/h8-10,14,16H,4-7,11-12,21H2,1-3H3,(H,22,26)/t14-,16-/m1/s1. The molecule has 0 radical (unpaired) electrons. The molecule has 2 atom stereocenters. The molecule has 1 heterocycles. The summed E-state index contributed by atoms with van der Waals surface area (Å²) in [5.41, 5.74) is 2.25. The van der Waals surface area contributed by atoms with Crippen LogP contribution in [0.4, 0.5) is 0 Å². The summed E-state index contributed by atoms with van der Waals surface area (Å²) >= 11 is 1.29. The van der Waals surface area contributed by atoms with Gasteiger partial charge in [-0.05, 0) is 44.2 Å². The molecule has 7 nitrogen and oxygen atoms in total. The summed E-state index contributed by atoms with van der Waals surface area (Å²) in [6.07, 6.45) is 4.68. The summed E-state index contributed by atoms with van der Waals surface area (Å²) in [5, 5.41) is 11.8. The quantitative estimate of drug-likeness (QED) is 0.545. The first-order valence-electron chi connectivity index (χ1n) is 9.75. The van der Waals surface area contributed by atoms with Crippen LogP contribution < -0.4 is 15.9 Å². The van der Waals surface area contributed by atoms with Crippen LogP contribution >= 0.6 is 11.8 Å². The van der Waals surface area contributed by atoms with Crippen LogP contribution in [-0.2, 0) is 11.4 Å². The summed E-state index contributed by atoms with van der Waals surface area (Å²) < 4.78 is 7.21. The lowest BCUT2D eigenvalue weighted by atomic mass is 9.86. The van der Waals surface area contributed by atoms with Crippen molar-refractivity contribution in [2.75, 3.05) is 11.6 Å². The molecule has 152 valence electrons. The fourth-order valence-electron chi connectivity index (χ4n) is 3.52. The lowest BCUT2D eigenvalue weighted by molar-refractivity contribution is -0.119. The summed E-state index contributed by atoms with van der Waals surface area (Å²) in [4.78, 5) is 12.3. The van der Waals surface area contributed by atoms with Gasteiger partial charge in [-0.25, -0.2) is 4.68 Å². The van der Waals surface area contributed by atoms with Crippen LogP contribution in [0.15, 0.2) is 23.4 Å². The van der Waals surface area contributed by atoms with Gasteiger partial charge in [-0.1, -0.05) is 49.2 Å². The van der Waals surface area contributed by atoms with E-state index in [2.05, 4.69) is 28.5 Å². The molecule has 1 saturated carbocycles. The number of amides is 1. The van der Waals surface area contributed by atoms with Crippen LogP contribution in [0, 0.1) is 19.8 Å². The third kappa shape index (κ3) is 5.19. The highest BCUT2D eigenvalue weighted by Crippen LogP contribution is 2.24. The monoisotopic (exact) mass is 403 g/mol. The maximum Gasteiger partial charge on any atom is 0.230 e. The van der Waals surface area contributed by atoms with Gasteiger partial charge in [-0.3, -0.25) is 4.79 Å². The first-order valence-corrected chi connectivity index (χ1v) is 10.7. The molecule has 0 spiro atoms. The number of nitrogen functional groups attached to an aromatic ring is 1. The predicted molar refractivity (Wildman–Crippen MR) is 111 cm³/mol. The SMILES string of the molecule is Cc1ccc(OCc2nnc(SCC(=O)N[C@@H]3CCCC[C@H]3C)n2N)c(C)c1. The van der Waals surface area contributed by atoms with E-state index in [0.29, 0.717) is 16.9 Å². The fourth-order valence-corrected chi connectivity index (χ4v) is 4.20. The van der Waals surface area contributed by atoms with Crippen molar-refractivity contribution in [3.8, 4) is 5.75 Å². The summed E-state index contributed by atoms with van der Waals surface area (Å²) in [6, 6.07) is 6.28. The number of benzene rings is 1. The Morgan fingerprint density at radius 2 is 2.11 bits per heavy atom. The normalized spacial score (nSPS) is 19.4. The molecule has 3 rings (SSSR count). The molecular weight excluding hydrogens is 374 g/mol. The highest BCUT2D eigenvalue weighted by molar-refractivity contribution is 7.99. The van der Waals surface area contributed by atoms with Crippen LogP contribution in [0.1, 0.15) is 49.6 Å². The molecule has 0 saturated heterocycles. The van der Waals surface area contributed by atoms with Crippen molar-refractivity contribution in [3.63, 3.8) is 0 Å². The van der Waals surface area contributed by atoms with Crippen LogP contribution in [-0.4, -0.2) is 32.6 Å². The van der Waals surface area contributed by atoms with E-state index >= 15 is 0 Å². The molecule has 2 aromatic rings. The molecule has 1 fully saturated rings. The number of nitrogens with two attached hydrogens (primary N) is 1. The minimum Gasteiger partial charge on any atom is -0.485 e. The third-order valence-electron chi connectivity index (χ3n) is 5.21. The van der Waals surface area contributed by atoms with Gasteiger partial charge in [-0.2, -0.15) is 0 Å². The van der Waals surface area contributed by atoms with Crippen molar-refractivity contribution in [2.45, 2.75) is 64.3 Å². The molecule has 1 aliphatic rings. The summed E-state index contributed by atoms with van der Waals surface area (Å²) in [5.74, 6) is 8.22. The van der Waals surface area contributed by atoms with Gasteiger partial charge < -0.3 is 15.9 Å². The van der Waals surface area contributed by atoms with Crippen molar-refractivity contribution in [1.82, 2.24) is 20.2 Å². The second-order valence-corrected chi connectivity index (χ2v) is 8.49. The van der Waals surface area contributed by atoms with Gasteiger partial charge in [0, 0.05) is 6.04 Å². The molecule has 3 N–H and O–H groups in total. The molecule has 1 amide bonds. The van der Waals surface area contributed by atoms with Crippen LogP contribution in [0.25, 0.3) is 0 Å². The van der Waals surface area contributed by atoms with Crippen molar-refractivity contribution >= 4 is 17.7 Å². The number of carbonyl (C=O) groups excluding carboxylic acids is 1. The third-order valence-corrected chi connectivity index (χ3v) is 6.16. The minimum absolute atomic E-state index is 0.0137. The Labute approximate surface area is 170 Å². The molecule has 0 unspecified atom stereocenters. The number of thioether (sulfide) groups is 1. The average Bonchev–Trinajstić information content (AvgIpc) is 3.01. The molecule has 1 aromatic carbocycles. The number of carbonyl (C=O) groups is 1. The lowest BCUT2D eigenvalue weighted by Gasteiger charge is -2.29. The molecule has 8 heteroatoms. The van der Waals surface area contributed by atoms with Gasteiger partial charge in [0.25, 0.3) is 0 Å². The number of ether oxygens (including phenoxy) is 1.